The van der Waals surface area contributed by atoms with Crippen molar-refractivity contribution in [3.8, 4) is 17.0 Å². The van der Waals surface area contributed by atoms with Crippen molar-refractivity contribution < 1.29 is 19.1 Å². The van der Waals surface area contributed by atoms with E-state index in [0.717, 1.165) is 29.1 Å². The largest absolute Gasteiger partial charge is 0.479 e. The lowest BCUT2D eigenvalue weighted by Gasteiger charge is -2.32. The predicted octanol–water partition coefficient (Wildman–Crippen LogP) is 4.08. The van der Waals surface area contributed by atoms with E-state index in [1.54, 1.807) is 18.3 Å². The minimum atomic E-state index is -0.647. The highest BCUT2D eigenvalue weighted by molar-refractivity contribution is 7.09. The molecule has 0 spiro atoms. The fraction of sp³-hybridized carbons (Fsp3) is 0.476. The third-order valence-electron chi connectivity index (χ3n) is 4.34. The number of aryl methyl sites for hydroxylation is 1. The highest BCUT2D eigenvalue weighted by atomic mass is 32.1. The van der Waals surface area contributed by atoms with Gasteiger partial charge in [-0.05, 0) is 43.9 Å². The first-order chi connectivity index (χ1) is 13.4. The van der Waals surface area contributed by atoms with Gasteiger partial charge in [-0.25, -0.2) is 4.98 Å². The first-order valence-corrected chi connectivity index (χ1v) is 10.5. The number of hydrogen-bond donors (Lipinski definition) is 0. The standard InChI is InChI=1S/C21H26N2O4S/c1-5-6-19-22-16(12-28-19)15-7-8-18-17(9-15)23(21(25)14(4)27-18)10-20(24)26-11-13(2)3/h7-9,12-14H,5-6,10-11H2,1-4H3. The average molecular weight is 403 g/mol. The Morgan fingerprint density at radius 2 is 2.18 bits per heavy atom. The Balaban J connectivity index is 1.88. The van der Waals surface area contributed by atoms with Crippen molar-refractivity contribution in [2.45, 2.75) is 46.6 Å². The van der Waals surface area contributed by atoms with E-state index in [1.807, 2.05) is 37.4 Å². The second kappa shape index (κ2) is 8.73. The smallest absolute Gasteiger partial charge is 0.326 e. The van der Waals surface area contributed by atoms with Gasteiger partial charge in [0.1, 0.15) is 12.3 Å². The van der Waals surface area contributed by atoms with E-state index >= 15 is 0 Å². The highest BCUT2D eigenvalue weighted by Gasteiger charge is 2.33. The molecule has 2 aromatic rings. The van der Waals surface area contributed by atoms with E-state index in [9.17, 15) is 9.59 Å². The van der Waals surface area contributed by atoms with Gasteiger partial charge in [-0.1, -0.05) is 20.8 Å². The van der Waals surface area contributed by atoms with Crippen molar-refractivity contribution in [1.29, 1.82) is 0 Å². The third-order valence-corrected chi connectivity index (χ3v) is 5.25. The molecule has 0 saturated carbocycles. The molecule has 0 radical (unpaired) electrons. The van der Waals surface area contributed by atoms with E-state index in [1.165, 1.54) is 4.90 Å². The van der Waals surface area contributed by atoms with Gasteiger partial charge in [0.25, 0.3) is 5.91 Å². The van der Waals surface area contributed by atoms with Gasteiger partial charge in [-0.15, -0.1) is 11.3 Å². The normalized spacial score (nSPS) is 16.1. The van der Waals surface area contributed by atoms with Crippen LogP contribution in [-0.2, 0) is 20.7 Å². The molecule has 0 saturated heterocycles. The van der Waals surface area contributed by atoms with Gasteiger partial charge in [-0.2, -0.15) is 0 Å². The molecule has 1 atom stereocenters. The number of amides is 1. The highest BCUT2D eigenvalue weighted by Crippen LogP contribution is 2.37. The molecule has 1 unspecified atom stereocenters. The van der Waals surface area contributed by atoms with Crippen LogP contribution in [0.15, 0.2) is 23.6 Å². The van der Waals surface area contributed by atoms with Gasteiger partial charge >= 0.3 is 5.97 Å². The van der Waals surface area contributed by atoms with E-state index < -0.39 is 12.1 Å². The lowest BCUT2D eigenvalue weighted by molar-refractivity contribution is -0.144. The summed E-state index contributed by atoms with van der Waals surface area (Å²) >= 11 is 1.63. The molecule has 28 heavy (non-hydrogen) atoms. The molecule has 0 bridgehead atoms. The van der Waals surface area contributed by atoms with Crippen molar-refractivity contribution >= 4 is 28.9 Å². The van der Waals surface area contributed by atoms with E-state index in [2.05, 4.69) is 11.9 Å². The zero-order valence-electron chi connectivity index (χ0n) is 16.7. The Bertz CT molecular complexity index is 862. The Labute approximate surface area is 169 Å². The van der Waals surface area contributed by atoms with Crippen molar-refractivity contribution in [2.24, 2.45) is 5.92 Å². The van der Waals surface area contributed by atoms with E-state index in [-0.39, 0.29) is 18.4 Å². The maximum absolute atomic E-state index is 12.7. The van der Waals surface area contributed by atoms with Crippen LogP contribution >= 0.6 is 11.3 Å². The monoisotopic (exact) mass is 402 g/mol. The molecule has 1 amide bonds. The lowest BCUT2D eigenvalue weighted by Crippen LogP contribution is -2.47. The quantitative estimate of drug-likeness (QED) is 0.653. The molecule has 0 aliphatic carbocycles. The lowest BCUT2D eigenvalue weighted by atomic mass is 10.1. The Hall–Kier alpha value is -2.41. The molecule has 2 heterocycles. The predicted molar refractivity (Wildman–Crippen MR) is 110 cm³/mol. The molecule has 7 heteroatoms. The van der Waals surface area contributed by atoms with Crippen LogP contribution in [0.5, 0.6) is 5.75 Å². The fourth-order valence-electron chi connectivity index (χ4n) is 2.94. The van der Waals surface area contributed by atoms with Gasteiger partial charge in [0.2, 0.25) is 0 Å². The van der Waals surface area contributed by atoms with Gasteiger partial charge in [0.05, 0.1) is 23.0 Å². The maximum atomic E-state index is 12.7. The minimum absolute atomic E-state index is 0.131. The number of thiazole rings is 1. The molecule has 150 valence electrons. The van der Waals surface area contributed by atoms with Crippen LogP contribution in [0.3, 0.4) is 0 Å². The zero-order valence-corrected chi connectivity index (χ0v) is 17.5. The summed E-state index contributed by atoms with van der Waals surface area (Å²) < 4.78 is 11.0. The summed E-state index contributed by atoms with van der Waals surface area (Å²) in [7, 11) is 0. The van der Waals surface area contributed by atoms with Crippen molar-refractivity contribution in [3.05, 3.63) is 28.6 Å². The SMILES string of the molecule is CCCc1nc(-c2ccc3c(c2)N(CC(=O)OCC(C)C)C(=O)C(C)O3)cs1. The first-order valence-electron chi connectivity index (χ1n) is 9.61. The molecule has 1 aromatic carbocycles. The molecule has 0 N–H and O–H groups in total. The number of fused-ring (bicyclic) bond motifs is 1. The third kappa shape index (κ3) is 4.52. The van der Waals surface area contributed by atoms with Crippen LogP contribution in [0, 0.1) is 5.92 Å². The molecule has 6 nitrogen and oxygen atoms in total. The molecule has 1 aromatic heterocycles. The summed E-state index contributed by atoms with van der Waals surface area (Å²) in [5.41, 5.74) is 2.33. The van der Waals surface area contributed by atoms with Crippen LogP contribution in [-0.4, -0.2) is 36.1 Å². The second-order valence-corrected chi connectivity index (χ2v) is 8.26. The minimum Gasteiger partial charge on any atom is -0.479 e. The van der Waals surface area contributed by atoms with Crippen molar-refractivity contribution in [1.82, 2.24) is 4.98 Å². The number of hydrogen-bond acceptors (Lipinski definition) is 6. The van der Waals surface area contributed by atoms with Gasteiger partial charge < -0.3 is 9.47 Å². The number of carbonyl (C=O) groups is 2. The van der Waals surface area contributed by atoms with Gasteiger partial charge in [0.15, 0.2) is 6.10 Å². The Kier molecular flexibility index (Phi) is 6.34. The number of esters is 1. The van der Waals surface area contributed by atoms with Crippen molar-refractivity contribution in [2.75, 3.05) is 18.1 Å². The number of aromatic nitrogens is 1. The zero-order chi connectivity index (χ0) is 20.3. The average Bonchev–Trinajstić information content (AvgIpc) is 3.12. The molecule has 1 aliphatic heterocycles. The van der Waals surface area contributed by atoms with E-state index in [4.69, 9.17) is 9.47 Å². The van der Waals surface area contributed by atoms with Crippen LogP contribution < -0.4 is 9.64 Å². The molecular weight excluding hydrogens is 376 g/mol. The summed E-state index contributed by atoms with van der Waals surface area (Å²) in [4.78, 5) is 31.0. The number of anilines is 1. The molecule has 0 fully saturated rings. The number of ether oxygens (including phenoxy) is 2. The topological polar surface area (TPSA) is 68.7 Å². The van der Waals surface area contributed by atoms with Crippen molar-refractivity contribution in [3.63, 3.8) is 0 Å². The molecular formula is C21H26N2O4S. The number of benzene rings is 1. The summed E-state index contributed by atoms with van der Waals surface area (Å²) in [6.07, 6.45) is 1.35. The van der Waals surface area contributed by atoms with Gasteiger partial charge in [0, 0.05) is 10.9 Å². The van der Waals surface area contributed by atoms with Gasteiger partial charge in [-0.3, -0.25) is 14.5 Å². The summed E-state index contributed by atoms with van der Waals surface area (Å²) in [5, 5.41) is 3.10. The number of nitrogens with zero attached hydrogens (tertiary/aromatic N) is 2. The van der Waals surface area contributed by atoms with Crippen LogP contribution in [0.4, 0.5) is 5.69 Å². The second-order valence-electron chi connectivity index (χ2n) is 7.32. The molecule has 1 aliphatic rings. The van der Waals surface area contributed by atoms with Crippen LogP contribution in [0.2, 0.25) is 0 Å². The Morgan fingerprint density at radius 3 is 2.89 bits per heavy atom. The Morgan fingerprint density at radius 1 is 1.39 bits per heavy atom. The summed E-state index contributed by atoms with van der Waals surface area (Å²) in [6.45, 7) is 7.95. The fourth-order valence-corrected chi connectivity index (χ4v) is 3.85. The summed E-state index contributed by atoms with van der Waals surface area (Å²) in [6, 6.07) is 5.62. The number of rotatable bonds is 7. The van der Waals surface area contributed by atoms with Crippen LogP contribution in [0.1, 0.15) is 39.1 Å². The first kappa shape index (κ1) is 20.3. The maximum Gasteiger partial charge on any atom is 0.326 e. The van der Waals surface area contributed by atoms with E-state index in [0.29, 0.717) is 18.0 Å². The number of carbonyl (C=O) groups excluding carboxylic acids is 2. The summed E-state index contributed by atoms with van der Waals surface area (Å²) in [5.74, 6) is 0.142. The molecule has 3 rings (SSSR count). The van der Waals surface area contributed by atoms with Crippen LogP contribution in [0.25, 0.3) is 11.3 Å².